The van der Waals surface area contributed by atoms with Gasteiger partial charge < -0.3 is 24.9 Å². The first-order valence-electron chi connectivity index (χ1n) is 5.34. The zero-order valence-electron chi connectivity index (χ0n) is 8.97. The lowest BCUT2D eigenvalue weighted by Gasteiger charge is -2.29. The summed E-state index contributed by atoms with van der Waals surface area (Å²) >= 11 is 0. The van der Waals surface area contributed by atoms with E-state index in [9.17, 15) is 0 Å². The summed E-state index contributed by atoms with van der Waals surface area (Å²) in [6.07, 6.45) is 0. The standard InChI is InChI=1S/C10H15BN2O3/c14-11(15)16-10-3-1-9(2-4-10)13-7-5-12-6-8-13/h1-4,12,14-15H,5-8H2. The van der Waals surface area contributed by atoms with Crippen molar-refractivity contribution in [3.63, 3.8) is 0 Å². The highest BCUT2D eigenvalue weighted by Crippen LogP contribution is 2.19. The van der Waals surface area contributed by atoms with Gasteiger partial charge in [0.2, 0.25) is 0 Å². The highest BCUT2D eigenvalue weighted by molar-refractivity contribution is 6.33. The second kappa shape index (κ2) is 5.20. The molecule has 1 aromatic carbocycles. The number of benzene rings is 1. The normalized spacial score (nSPS) is 16.0. The average Bonchev–Trinajstić information content (AvgIpc) is 2.30. The van der Waals surface area contributed by atoms with Crippen molar-refractivity contribution in [2.75, 3.05) is 31.1 Å². The molecule has 5 nitrogen and oxygen atoms in total. The fraction of sp³-hybridized carbons (Fsp3) is 0.400. The van der Waals surface area contributed by atoms with Gasteiger partial charge in [-0.2, -0.15) is 0 Å². The molecule has 2 rings (SSSR count). The quantitative estimate of drug-likeness (QED) is 0.598. The highest BCUT2D eigenvalue weighted by atomic mass is 16.6. The minimum Gasteiger partial charge on any atom is -0.512 e. The fourth-order valence-corrected chi connectivity index (χ4v) is 1.78. The van der Waals surface area contributed by atoms with Gasteiger partial charge in [0.05, 0.1) is 0 Å². The van der Waals surface area contributed by atoms with Crippen LogP contribution in [0.15, 0.2) is 24.3 Å². The maximum atomic E-state index is 8.64. The van der Waals surface area contributed by atoms with E-state index in [1.807, 2.05) is 12.1 Å². The maximum absolute atomic E-state index is 8.64. The Balaban J connectivity index is 2.00. The van der Waals surface area contributed by atoms with Crippen molar-refractivity contribution < 1.29 is 14.7 Å². The number of nitrogens with one attached hydrogen (secondary N) is 1. The first kappa shape index (κ1) is 11.3. The van der Waals surface area contributed by atoms with Crippen molar-refractivity contribution in [3.05, 3.63) is 24.3 Å². The Morgan fingerprint density at radius 1 is 1.12 bits per heavy atom. The van der Waals surface area contributed by atoms with Gasteiger partial charge in [0, 0.05) is 31.9 Å². The van der Waals surface area contributed by atoms with Crippen molar-refractivity contribution in [3.8, 4) is 5.75 Å². The minimum atomic E-state index is -1.76. The van der Waals surface area contributed by atoms with Crippen LogP contribution in [-0.2, 0) is 0 Å². The SMILES string of the molecule is OB(O)Oc1ccc(N2CCNCC2)cc1. The van der Waals surface area contributed by atoms with E-state index in [0.29, 0.717) is 5.75 Å². The summed E-state index contributed by atoms with van der Waals surface area (Å²) in [4.78, 5) is 2.27. The Hall–Kier alpha value is -1.24. The van der Waals surface area contributed by atoms with E-state index in [2.05, 4.69) is 10.2 Å². The third-order valence-electron chi connectivity index (χ3n) is 2.56. The minimum absolute atomic E-state index is 0.453. The Morgan fingerprint density at radius 3 is 2.31 bits per heavy atom. The van der Waals surface area contributed by atoms with Crippen molar-refractivity contribution >= 4 is 13.0 Å². The summed E-state index contributed by atoms with van der Waals surface area (Å²) < 4.78 is 4.74. The first-order valence-corrected chi connectivity index (χ1v) is 5.34. The van der Waals surface area contributed by atoms with Gasteiger partial charge in [-0.05, 0) is 24.3 Å². The number of hydrogen-bond donors (Lipinski definition) is 3. The predicted molar refractivity (Wildman–Crippen MR) is 62.3 cm³/mol. The van der Waals surface area contributed by atoms with E-state index >= 15 is 0 Å². The van der Waals surface area contributed by atoms with Gasteiger partial charge in [0.25, 0.3) is 0 Å². The molecule has 0 spiro atoms. The van der Waals surface area contributed by atoms with Crippen LogP contribution < -0.4 is 14.9 Å². The second-order valence-electron chi connectivity index (χ2n) is 3.68. The fourth-order valence-electron chi connectivity index (χ4n) is 1.78. The summed E-state index contributed by atoms with van der Waals surface area (Å²) in [6.45, 7) is 3.97. The molecule has 1 saturated heterocycles. The van der Waals surface area contributed by atoms with E-state index < -0.39 is 7.32 Å². The van der Waals surface area contributed by atoms with Crippen LogP contribution in [0.25, 0.3) is 0 Å². The zero-order valence-corrected chi connectivity index (χ0v) is 8.97. The molecule has 0 atom stereocenters. The molecule has 1 aliphatic rings. The summed E-state index contributed by atoms with van der Waals surface area (Å²) in [7, 11) is -1.76. The molecule has 0 bridgehead atoms. The smallest absolute Gasteiger partial charge is 0.512 e. The molecule has 6 heteroatoms. The monoisotopic (exact) mass is 222 g/mol. The number of piperazine rings is 1. The number of anilines is 1. The summed E-state index contributed by atoms with van der Waals surface area (Å²) in [5.41, 5.74) is 1.13. The molecular weight excluding hydrogens is 207 g/mol. The summed E-state index contributed by atoms with van der Waals surface area (Å²) in [5, 5.41) is 20.6. The van der Waals surface area contributed by atoms with Crippen molar-refractivity contribution in [1.29, 1.82) is 0 Å². The van der Waals surface area contributed by atoms with Gasteiger partial charge in [0.15, 0.2) is 0 Å². The van der Waals surface area contributed by atoms with Gasteiger partial charge in [-0.25, -0.2) is 0 Å². The van der Waals surface area contributed by atoms with E-state index in [4.69, 9.17) is 14.7 Å². The average molecular weight is 222 g/mol. The first-order chi connectivity index (χ1) is 7.75. The summed E-state index contributed by atoms with van der Waals surface area (Å²) in [5.74, 6) is 0.453. The van der Waals surface area contributed by atoms with Gasteiger partial charge in [-0.3, -0.25) is 0 Å². The molecule has 0 saturated carbocycles. The van der Waals surface area contributed by atoms with E-state index in [1.165, 1.54) is 0 Å². The van der Waals surface area contributed by atoms with Crippen molar-refractivity contribution in [2.24, 2.45) is 0 Å². The lowest BCUT2D eigenvalue weighted by atomic mass is 10.2. The number of nitrogens with zero attached hydrogens (tertiary/aromatic N) is 1. The molecule has 0 radical (unpaired) electrons. The Kier molecular flexibility index (Phi) is 3.66. The van der Waals surface area contributed by atoms with Crippen molar-refractivity contribution in [1.82, 2.24) is 5.32 Å². The molecule has 3 N–H and O–H groups in total. The molecule has 1 aromatic rings. The number of rotatable bonds is 3. The molecule has 1 heterocycles. The van der Waals surface area contributed by atoms with E-state index in [-0.39, 0.29) is 0 Å². The lowest BCUT2D eigenvalue weighted by Crippen LogP contribution is -2.43. The van der Waals surface area contributed by atoms with Gasteiger partial charge in [-0.1, -0.05) is 0 Å². The largest absolute Gasteiger partial charge is 0.707 e. The topological polar surface area (TPSA) is 65.0 Å². The molecule has 86 valence electrons. The second-order valence-corrected chi connectivity index (χ2v) is 3.68. The van der Waals surface area contributed by atoms with Crippen LogP contribution in [0.1, 0.15) is 0 Å². The van der Waals surface area contributed by atoms with Crippen LogP contribution in [0.4, 0.5) is 5.69 Å². The van der Waals surface area contributed by atoms with Gasteiger partial charge >= 0.3 is 7.32 Å². The molecule has 0 aliphatic carbocycles. The summed E-state index contributed by atoms with van der Waals surface area (Å²) in [6, 6.07) is 7.31. The van der Waals surface area contributed by atoms with Crippen LogP contribution in [-0.4, -0.2) is 43.5 Å². The zero-order chi connectivity index (χ0) is 11.4. The lowest BCUT2D eigenvalue weighted by molar-refractivity contribution is 0.288. The van der Waals surface area contributed by atoms with Crippen LogP contribution in [0.3, 0.4) is 0 Å². The van der Waals surface area contributed by atoms with Crippen LogP contribution in [0.5, 0.6) is 5.75 Å². The number of hydrogen-bond acceptors (Lipinski definition) is 5. The van der Waals surface area contributed by atoms with Gasteiger partial charge in [-0.15, -0.1) is 0 Å². The van der Waals surface area contributed by atoms with Crippen LogP contribution in [0, 0.1) is 0 Å². The maximum Gasteiger partial charge on any atom is 0.707 e. The predicted octanol–water partition coefficient (Wildman–Crippen LogP) is -0.556. The van der Waals surface area contributed by atoms with Crippen LogP contribution >= 0.6 is 0 Å². The van der Waals surface area contributed by atoms with E-state index in [1.54, 1.807) is 12.1 Å². The molecular formula is C10H15BN2O3. The molecule has 1 aliphatic heterocycles. The molecule has 0 amide bonds. The molecule has 0 aromatic heterocycles. The van der Waals surface area contributed by atoms with E-state index in [0.717, 1.165) is 31.9 Å². The Bertz CT molecular complexity index is 325. The van der Waals surface area contributed by atoms with Gasteiger partial charge in [0.1, 0.15) is 5.75 Å². The molecule has 0 unspecified atom stereocenters. The van der Waals surface area contributed by atoms with Crippen LogP contribution in [0.2, 0.25) is 0 Å². The highest BCUT2D eigenvalue weighted by Gasteiger charge is 2.13. The molecule has 1 fully saturated rings. The third kappa shape index (κ3) is 2.88. The Labute approximate surface area is 94.8 Å². The van der Waals surface area contributed by atoms with Crippen molar-refractivity contribution in [2.45, 2.75) is 0 Å². The Morgan fingerprint density at radius 2 is 1.75 bits per heavy atom. The third-order valence-corrected chi connectivity index (χ3v) is 2.56. The molecule has 16 heavy (non-hydrogen) atoms.